The van der Waals surface area contributed by atoms with Gasteiger partial charge in [0.15, 0.2) is 0 Å². The Hall–Kier alpha value is -2.49. The molecule has 1 aliphatic carbocycles. The van der Waals surface area contributed by atoms with Crippen LogP contribution in [0, 0.1) is 12.8 Å². The molecule has 24 heavy (non-hydrogen) atoms. The standard InChI is InChI=1S/C20H24N2O2/c1-13-4-7-16(21)12-19(13)20(23)22(14(2)15-5-6-15)17-8-10-18(24-3)11-9-17/h4,7-12,14-15H,5-6,21H2,1-3H3. The van der Waals surface area contributed by atoms with E-state index in [9.17, 15) is 4.79 Å². The highest BCUT2D eigenvalue weighted by molar-refractivity contribution is 6.08. The van der Waals surface area contributed by atoms with E-state index in [0.29, 0.717) is 17.2 Å². The van der Waals surface area contributed by atoms with Crippen LogP contribution in [0.3, 0.4) is 0 Å². The molecule has 2 aromatic carbocycles. The summed E-state index contributed by atoms with van der Waals surface area (Å²) < 4.78 is 5.23. The maximum atomic E-state index is 13.3. The Labute approximate surface area is 143 Å². The predicted molar refractivity (Wildman–Crippen MR) is 97.6 cm³/mol. The van der Waals surface area contributed by atoms with Gasteiger partial charge in [0.05, 0.1) is 7.11 Å². The summed E-state index contributed by atoms with van der Waals surface area (Å²) in [6, 6.07) is 13.3. The number of anilines is 2. The molecule has 3 rings (SSSR count). The van der Waals surface area contributed by atoms with Crippen LogP contribution in [0.1, 0.15) is 35.7 Å². The smallest absolute Gasteiger partial charge is 0.258 e. The van der Waals surface area contributed by atoms with Crippen LogP contribution >= 0.6 is 0 Å². The molecule has 0 saturated heterocycles. The van der Waals surface area contributed by atoms with E-state index in [2.05, 4.69) is 6.92 Å². The van der Waals surface area contributed by atoms with E-state index in [-0.39, 0.29) is 11.9 Å². The number of nitrogens with zero attached hydrogens (tertiary/aromatic N) is 1. The molecule has 0 aliphatic heterocycles. The first-order valence-electron chi connectivity index (χ1n) is 8.35. The average molecular weight is 324 g/mol. The van der Waals surface area contributed by atoms with Gasteiger partial charge in [-0.3, -0.25) is 4.79 Å². The first-order valence-corrected chi connectivity index (χ1v) is 8.35. The summed E-state index contributed by atoms with van der Waals surface area (Å²) in [5.74, 6) is 1.35. The van der Waals surface area contributed by atoms with Gasteiger partial charge in [-0.2, -0.15) is 0 Å². The Morgan fingerprint density at radius 1 is 1.21 bits per heavy atom. The molecule has 1 unspecified atom stereocenters. The molecule has 0 heterocycles. The van der Waals surface area contributed by atoms with Gasteiger partial charge in [0.1, 0.15) is 5.75 Å². The highest BCUT2D eigenvalue weighted by Crippen LogP contribution is 2.38. The van der Waals surface area contributed by atoms with Crippen LogP contribution in [0.25, 0.3) is 0 Å². The Kier molecular flexibility index (Phi) is 4.47. The lowest BCUT2D eigenvalue weighted by atomic mass is 10.0. The number of hydrogen-bond acceptors (Lipinski definition) is 3. The summed E-state index contributed by atoms with van der Waals surface area (Å²) >= 11 is 0. The number of amides is 1. The lowest BCUT2D eigenvalue weighted by Crippen LogP contribution is -2.40. The third kappa shape index (κ3) is 3.23. The molecule has 0 radical (unpaired) electrons. The third-order valence-electron chi connectivity index (χ3n) is 4.77. The number of carbonyl (C=O) groups excluding carboxylic acids is 1. The van der Waals surface area contributed by atoms with E-state index in [1.807, 2.05) is 48.2 Å². The average Bonchev–Trinajstić information content (AvgIpc) is 3.42. The van der Waals surface area contributed by atoms with Crippen molar-refractivity contribution in [3.05, 3.63) is 53.6 Å². The number of ether oxygens (including phenoxy) is 1. The molecular weight excluding hydrogens is 300 g/mol. The minimum Gasteiger partial charge on any atom is -0.497 e. The van der Waals surface area contributed by atoms with Crippen molar-refractivity contribution in [1.82, 2.24) is 0 Å². The number of rotatable bonds is 5. The van der Waals surface area contributed by atoms with Gasteiger partial charge in [-0.25, -0.2) is 0 Å². The number of aryl methyl sites for hydroxylation is 1. The fourth-order valence-corrected chi connectivity index (χ4v) is 3.07. The van der Waals surface area contributed by atoms with E-state index in [1.165, 1.54) is 12.8 Å². The van der Waals surface area contributed by atoms with Crippen molar-refractivity contribution in [1.29, 1.82) is 0 Å². The molecule has 0 aromatic heterocycles. The second kappa shape index (κ2) is 6.56. The molecule has 1 atom stereocenters. The van der Waals surface area contributed by atoms with Gasteiger partial charge in [0.2, 0.25) is 0 Å². The van der Waals surface area contributed by atoms with E-state index in [0.717, 1.165) is 17.0 Å². The van der Waals surface area contributed by atoms with Crippen molar-refractivity contribution < 1.29 is 9.53 Å². The lowest BCUT2D eigenvalue weighted by molar-refractivity contribution is 0.0975. The summed E-state index contributed by atoms with van der Waals surface area (Å²) in [5, 5.41) is 0. The first kappa shape index (κ1) is 16.4. The summed E-state index contributed by atoms with van der Waals surface area (Å²) in [6.45, 7) is 4.07. The molecule has 126 valence electrons. The van der Waals surface area contributed by atoms with E-state index >= 15 is 0 Å². The predicted octanol–water partition coefficient (Wildman–Crippen LogP) is 4.03. The fraction of sp³-hybridized carbons (Fsp3) is 0.350. The van der Waals surface area contributed by atoms with Gasteiger partial charge >= 0.3 is 0 Å². The maximum Gasteiger partial charge on any atom is 0.258 e. The molecule has 1 aliphatic rings. The topological polar surface area (TPSA) is 55.6 Å². The minimum atomic E-state index is 0.00404. The summed E-state index contributed by atoms with van der Waals surface area (Å²) in [4.78, 5) is 15.2. The van der Waals surface area contributed by atoms with Gasteiger partial charge in [-0.15, -0.1) is 0 Å². The Morgan fingerprint density at radius 3 is 2.46 bits per heavy atom. The summed E-state index contributed by atoms with van der Waals surface area (Å²) in [6.07, 6.45) is 2.36. The third-order valence-corrected chi connectivity index (χ3v) is 4.77. The molecule has 0 bridgehead atoms. The number of carbonyl (C=O) groups is 1. The fourth-order valence-electron chi connectivity index (χ4n) is 3.07. The molecule has 4 nitrogen and oxygen atoms in total. The van der Waals surface area contributed by atoms with Crippen molar-refractivity contribution in [3.63, 3.8) is 0 Å². The molecule has 1 amide bonds. The van der Waals surface area contributed by atoms with E-state index < -0.39 is 0 Å². The number of methoxy groups -OCH3 is 1. The van der Waals surface area contributed by atoms with Gasteiger partial charge in [-0.1, -0.05) is 6.07 Å². The Balaban J connectivity index is 2.00. The van der Waals surface area contributed by atoms with Crippen molar-refractivity contribution in [2.24, 2.45) is 5.92 Å². The zero-order valence-electron chi connectivity index (χ0n) is 14.5. The molecule has 4 heteroatoms. The Bertz CT molecular complexity index is 736. The second-order valence-corrected chi connectivity index (χ2v) is 6.53. The van der Waals surface area contributed by atoms with Crippen LogP contribution in [-0.4, -0.2) is 19.1 Å². The van der Waals surface area contributed by atoms with Crippen LogP contribution in [0.5, 0.6) is 5.75 Å². The molecule has 2 aromatic rings. The lowest BCUT2D eigenvalue weighted by Gasteiger charge is -2.30. The Morgan fingerprint density at radius 2 is 1.88 bits per heavy atom. The number of benzene rings is 2. The molecule has 2 N–H and O–H groups in total. The van der Waals surface area contributed by atoms with Crippen LogP contribution in [0.4, 0.5) is 11.4 Å². The SMILES string of the molecule is COc1ccc(N(C(=O)c2cc(N)ccc2C)C(C)C2CC2)cc1. The maximum absolute atomic E-state index is 13.3. The van der Waals surface area contributed by atoms with Crippen molar-refractivity contribution in [2.75, 3.05) is 17.7 Å². The normalized spacial score (nSPS) is 15.0. The first-order chi connectivity index (χ1) is 11.5. The van der Waals surface area contributed by atoms with E-state index in [1.54, 1.807) is 13.2 Å². The largest absolute Gasteiger partial charge is 0.497 e. The van der Waals surface area contributed by atoms with Crippen molar-refractivity contribution in [2.45, 2.75) is 32.7 Å². The number of hydrogen-bond donors (Lipinski definition) is 1. The molecule has 1 saturated carbocycles. The summed E-state index contributed by atoms with van der Waals surface area (Å²) in [7, 11) is 1.64. The zero-order chi connectivity index (χ0) is 17.3. The van der Waals surface area contributed by atoms with Gasteiger partial charge in [-0.05, 0) is 74.6 Å². The molecular formula is C20H24N2O2. The summed E-state index contributed by atoms with van der Waals surface area (Å²) in [5.41, 5.74) is 9.01. The highest BCUT2D eigenvalue weighted by atomic mass is 16.5. The van der Waals surface area contributed by atoms with Gasteiger partial charge in [0.25, 0.3) is 5.91 Å². The number of nitrogen functional groups attached to an aromatic ring is 1. The van der Waals surface area contributed by atoms with Crippen molar-refractivity contribution >= 4 is 17.3 Å². The minimum absolute atomic E-state index is 0.00404. The van der Waals surface area contributed by atoms with Gasteiger partial charge < -0.3 is 15.4 Å². The number of nitrogens with two attached hydrogens (primary N) is 1. The van der Waals surface area contributed by atoms with Crippen LogP contribution in [0.2, 0.25) is 0 Å². The van der Waals surface area contributed by atoms with E-state index in [4.69, 9.17) is 10.5 Å². The van der Waals surface area contributed by atoms with Crippen LogP contribution in [0.15, 0.2) is 42.5 Å². The van der Waals surface area contributed by atoms with Crippen molar-refractivity contribution in [3.8, 4) is 5.75 Å². The quantitative estimate of drug-likeness (QED) is 0.845. The highest BCUT2D eigenvalue weighted by Gasteiger charge is 2.35. The monoisotopic (exact) mass is 324 g/mol. The van der Waals surface area contributed by atoms with Crippen LogP contribution < -0.4 is 15.4 Å². The zero-order valence-corrected chi connectivity index (χ0v) is 14.5. The molecule has 1 fully saturated rings. The molecule has 0 spiro atoms. The second-order valence-electron chi connectivity index (χ2n) is 6.53. The van der Waals surface area contributed by atoms with Crippen LogP contribution in [-0.2, 0) is 0 Å². The van der Waals surface area contributed by atoms with Gasteiger partial charge in [0, 0.05) is 23.0 Å².